The molecule has 1 aliphatic rings. The number of carbonyl (C=O) groups is 1. The first kappa shape index (κ1) is 13.5. The number of carbonyl (C=O) groups excluding carboxylic acids is 1. The summed E-state index contributed by atoms with van der Waals surface area (Å²) in [5.41, 5.74) is 0. The van der Waals surface area contributed by atoms with Gasteiger partial charge in [0.25, 0.3) is 0 Å². The number of aliphatic hydroxyl groups excluding tert-OH is 1. The van der Waals surface area contributed by atoms with Crippen LogP contribution in [0, 0.1) is 0 Å². The summed E-state index contributed by atoms with van der Waals surface area (Å²) >= 11 is 0. The van der Waals surface area contributed by atoms with Gasteiger partial charge in [-0.25, -0.2) is 0 Å². The lowest BCUT2D eigenvalue weighted by atomic mass is 10.0. The number of rotatable bonds is 5. The zero-order valence-electron chi connectivity index (χ0n) is 10.5. The Kier molecular flexibility index (Phi) is 5.77. The average molecular weight is 228 g/mol. The van der Waals surface area contributed by atoms with Crippen molar-refractivity contribution in [2.45, 2.75) is 39.2 Å². The van der Waals surface area contributed by atoms with Gasteiger partial charge in [-0.2, -0.15) is 0 Å². The van der Waals surface area contributed by atoms with Crippen LogP contribution in [0.2, 0.25) is 0 Å². The molecule has 4 nitrogen and oxygen atoms in total. The highest BCUT2D eigenvalue weighted by molar-refractivity contribution is 5.78. The molecule has 1 unspecified atom stereocenters. The lowest BCUT2D eigenvalue weighted by Gasteiger charge is -2.35. The monoisotopic (exact) mass is 228 g/mol. The molecular weight excluding hydrogens is 204 g/mol. The smallest absolute Gasteiger partial charge is 0.236 e. The molecule has 0 saturated carbocycles. The van der Waals surface area contributed by atoms with E-state index < -0.39 is 0 Å². The molecule has 1 fully saturated rings. The minimum absolute atomic E-state index is 0.172. The number of likely N-dealkylation sites (tertiary alicyclic amines) is 1. The van der Waals surface area contributed by atoms with Gasteiger partial charge in [0.1, 0.15) is 0 Å². The number of hydrogen-bond donors (Lipinski definition) is 1. The largest absolute Gasteiger partial charge is 0.395 e. The van der Waals surface area contributed by atoms with Crippen LogP contribution in [-0.2, 0) is 4.79 Å². The Hall–Kier alpha value is -0.610. The number of amides is 1. The van der Waals surface area contributed by atoms with E-state index in [1.165, 1.54) is 6.42 Å². The van der Waals surface area contributed by atoms with E-state index in [9.17, 15) is 9.90 Å². The second-order valence-electron chi connectivity index (χ2n) is 4.37. The van der Waals surface area contributed by atoms with E-state index in [0.717, 1.165) is 32.5 Å². The summed E-state index contributed by atoms with van der Waals surface area (Å²) in [6, 6.07) is 0.188. The summed E-state index contributed by atoms with van der Waals surface area (Å²) < 4.78 is 0. The molecular formula is C12H24N2O2. The number of piperidine rings is 1. The van der Waals surface area contributed by atoms with E-state index in [-0.39, 0.29) is 18.6 Å². The van der Waals surface area contributed by atoms with Gasteiger partial charge in [0.05, 0.1) is 13.2 Å². The van der Waals surface area contributed by atoms with Gasteiger partial charge in [-0.1, -0.05) is 6.42 Å². The normalized spacial score (nSPS) is 22.1. The van der Waals surface area contributed by atoms with Crippen LogP contribution in [-0.4, -0.2) is 59.6 Å². The highest BCUT2D eigenvalue weighted by atomic mass is 16.3. The number of aliphatic hydroxyl groups is 1. The molecule has 0 bridgehead atoms. The molecule has 1 rings (SSSR count). The van der Waals surface area contributed by atoms with E-state index in [2.05, 4.69) is 4.90 Å². The Morgan fingerprint density at radius 2 is 2.06 bits per heavy atom. The fourth-order valence-electron chi connectivity index (χ4n) is 2.32. The van der Waals surface area contributed by atoms with E-state index in [1.807, 2.05) is 18.7 Å². The Labute approximate surface area is 98.2 Å². The maximum absolute atomic E-state index is 11.9. The second-order valence-corrected chi connectivity index (χ2v) is 4.37. The molecule has 1 N–H and O–H groups in total. The zero-order chi connectivity index (χ0) is 12.0. The van der Waals surface area contributed by atoms with Gasteiger partial charge in [-0.3, -0.25) is 9.69 Å². The zero-order valence-corrected chi connectivity index (χ0v) is 10.5. The van der Waals surface area contributed by atoms with Gasteiger partial charge in [-0.05, 0) is 33.2 Å². The number of hydrogen-bond acceptors (Lipinski definition) is 3. The Morgan fingerprint density at radius 3 is 2.62 bits per heavy atom. The maximum atomic E-state index is 11.9. The minimum Gasteiger partial charge on any atom is -0.395 e. The van der Waals surface area contributed by atoms with E-state index in [4.69, 9.17) is 0 Å². The van der Waals surface area contributed by atoms with Crippen molar-refractivity contribution in [2.75, 3.05) is 32.8 Å². The van der Waals surface area contributed by atoms with Crippen molar-refractivity contribution >= 4 is 5.91 Å². The maximum Gasteiger partial charge on any atom is 0.236 e. The molecule has 1 saturated heterocycles. The fourth-order valence-corrected chi connectivity index (χ4v) is 2.32. The van der Waals surface area contributed by atoms with E-state index in [0.29, 0.717) is 6.54 Å². The van der Waals surface area contributed by atoms with Crippen molar-refractivity contribution in [3.63, 3.8) is 0 Å². The highest BCUT2D eigenvalue weighted by Crippen LogP contribution is 2.16. The van der Waals surface area contributed by atoms with Crippen molar-refractivity contribution in [1.29, 1.82) is 0 Å². The number of likely N-dealkylation sites (N-methyl/N-ethyl adjacent to an activating group) is 1. The van der Waals surface area contributed by atoms with Crippen LogP contribution >= 0.6 is 0 Å². The van der Waals surface area contributed by atoms with Gasteiger partial charge >= 0.3 is 0 Å². The molecule has 0 aromatic carbocycles. The first-order valence-corrected chi connectivity index (χ1v) is 6.35. The number of nitrogens with zero attached hydrogens (tertiary/aromatic N) is 2. The average Bonchev–Trinajstić information content (AvgIpc) is 2.31. The lowest BCUT2D eigenvalue weighted by molar-refractivity contribution is -0.133. The third-order valence-corrected chi connectivity index (χ3v) is 3.41. The molecule has 1 heterocycles. The third kappa shape index (κ3) is 3.46. The SMILES string of the molecule is CCN(CC)C(=O)CN1CCCCC1CO. The quantitative estimate of drug-likeness (QED) is 0.753. The van der Waals surface area contributed by atoms with Gasteiger partial charge in [0, 0.05) is 19.1 Å². The Balaban J connectivity index is 2.47. The van der Waals surface area contributed by atoms with Gasteiger partial charge in [-0.15, -0.1) is 0 Å². The minimum atomic E-state index is 0.172. The third-order valence-electron chi connectivity index (χ3n) is 3.41. The molecule has 94 valence electrons. The first-order valence-electron chi connectivity index (χ1n) is 6.35. The van der Waals surface area contributed by atoms with Gasteiger partial charge in [0.15, 0.2) is 0 Å². The molecule has 1 amide bonds. The summed E-state index contributed by atoms with van der Waals surface area (Å²) in [5.74, 6) is 0.186. The Bertz CT molecular complexity index is 217. The molecule has 0 radical (unpaired) electrons. The van der Waals surface area contributed by atoms with Gasteiger partial charge in [0.2, 0.25) is 5.91 Å². The summed E-state index contributed by atoms with van der Waals surface area (Å²) in [6.45, 7) is 7.12. The molecule has 0 aromatic rings. The topological polar surface area (TPSA) is 43.8 Å². The summed E-state index contributed by atoms with van der Waals surface area (Å²) in [6.07, 6.45) is 3.32. The second kappa shape index (κ2) is 6.86. The molecule has 1 atom stereocenters. The summed E-state index contributed by atoms with van der Waals surface area (Å²) in [4.78, 5) is 15.9. The van der Waals surface area contributed by atoms with Crippen molar-refractivity contribution in [3.8, 4) is 0 Å². The predicted octanol–water partition coefficient (Wildman–Crippen LogP) is 0.702. The van der Waals surface area contributed by atoms with Crippen LogP contribution < -0.4 is 0 Å². The van der Waals surface area contributed by atoms with Crippen LogP contribution in [0.25, 0.3) is 0 Å². The van der Waals surface area contributed by atoms with Crippen LogP contribution in [0.15, 0.2) is 0 Å². The van der Waals surface area contributed by atoms with Crippen LogP contribution in [0.4, 0.5) is 0 Å². The van der Waals surface area contributed by atoms with E-state index >= 15 is 0 Å². The first-order chi connectivity index (χ1) is 7.72. The highest BCUT2D eigenvalue weighted by Gasteiger charge is 2.24. The molecule has 4 heteroatoms. The molecule has 1 aliphatic heterocycles. The van der Waals surface area contributed by atoms with Crippen LogP contribution in [0.1, 0.15) is 33.1 Å². The fraction of sp³-hybridized carbons (Fsp3) is 0.917. The van der Waals surface area contributed by atoms with Gasteiger partial charge < -0.3 is 10.0 Å². The van der Waals surface area contributed by atoms with Crippen molar-refractivity contribution in [2.24, 2.45) is 0 Å². The molecule has 0 spiro atoms. The lowest BCUT2D eigenvalue weighted by Crippen LogP contribution is -2.48. The van der Waals surface area contributed by atoms with Crippen molar-refractivity contribution in [1.82, 2.24) is 9.80 Å². The van der Waals surface area contributed by atoms with Crippen LogP contribution in [0.5, 0.6) is 0 Å². The molecule has 0 aromatic heterocycles. The van der Waals surface area contributed by atoms with Crippen LogP contribution in [0.3, 0.4) is 0 Å². The molecule has 0 aliphatic carbocycles. The Morgan fingerprint density at radius 1 is 1.38 bits per heavy atom. The molecule has 16 heavy (non-hydrogen) atoms. The van der Waals surface area contributed by atoms with Crippen molar-refractivity contribution < 1.29 is 9.90 Å². The summed E-state index contributed by atoms with van der Waals surface area (Å²) in [7, 11) is 0. The predicted molar refractivity (Wildman–Crippen MR) is 64.2 cm³/mol. The standard InChI is InChI=1S/C12H24N2O2/c1-3-13(4-2)12(16)9-14-8-6-5-7-11(14)10-15/h11,15H,3-10H2,1-2H3. The van der Waals surface area contributed by atoms with Crippen molar-refractivity contribution in [3.05, 3.63) is 0 Å². The summed E-state index contributed by atoms with van der Waals surface area (Å²) in [5, 5.41) is 9.26. The van der Waals surface area contributed by atoms with E-state index in [1.54, 1.807) is 0 Å².